The first-order valence-corrected chi connectivity index (χ1v) is 11.8. The van der Waals surface area contributed by atoms with Crippen molar-refractivity contribution in [3.05, 3.63) is 87.1 Å². The van der Waals surface area contributed by atoms with Crippen LogP contribution < -0.4 is 15.0 Å². The molecule has 0 aliphatic heterocycles. The van der Waals surface area contributed by atoms with E-state index in [9.17, 15) is 4.79 Å². The quantitative estimate of drug-likeness (QED) is 0.242. The maximum absolute atomic E-state index is 13.4. The summed E-state index contributed by atoms with van der Waals surface area (Å²) in [6.07, 6.45) is 1.60. The molecule has 176 valence electrons. The minimum absolute atomic E-state index is 0.0117. The van der Waals surface area contributed by atoms with Crippen LogP contribution in [-0.2, 0) is 0 Å². The molecule has 0 unspecified atom stereocenters. The Morgan fingerprint density at radius 3 is 2.69 bits per heavy atom. The maximum atomic E-state index is 13.4. The van der Waals surface area contributed by atoms with Gasteiger partial charge in [-0.15, -0.1) is 0 Å². The van der Waals surface area contributed by atoms with Gasteiger partial charge in [0, 0.05) is 9.86 Å². The fourth-order valence-electron chi connectivity index (χ4n) is 3.75. The van der Waals surface area contributed by atoms with E-state index in [0.717, 1.165) is 15.4 Å². The van der Waals surface area contributed by atoms with Crippen LogP contribution in [0.4, 0.5) is 0 Å². The third-order valence-electron chi connectivity index (χ3n) is 5.33. The summed E-state index contributed by atoms with van der Waals surface area (Å²) in [5, 5.41) is 5.86. The van der Waals surface area contributed by atoms with Gasteiger partial charge in [0.2, 0.25) is 5.82 Å². The molecule has 0 amide bonds. The number of hydrogen-bond donors (Lipinski definition) is 0. The Labute approximate surface area is 209 Å². The van der Waals surface area contributed by atoms with Gasteiger partial charge in [0.25, 0.3) is 5.56 Å². The fourth-order valence-corrected chi connectivity index (χ4v) is 4.13. The van der Waals surface area contributed by atoms with Crippen LogP contribution in [0.2, 0.25) is 0 Å². The highest BCUT2D eigenvalue weighted by molar-refractivity contribution is 9.10. The standard InChI is InChI=1S/C27H22BrN3O4/c1-16(2)34-23-10-8-17(12-24(23)33-3)15-29-31-26(30-21-7-5-4-6-20(21)27(31)32)25-14-18-13-19(28)9-11-22(18)35-25/h4-16H,1-3H3. The zero-order valence-electron chi connectivity index (χ0n) is 19.4. The molecule has 0 saturated heterocycles. The number of fused-ring (bicyclic) bond motifs is 2. The van der Waals surface area contributed by atoms with Crippen LogP contribution in [0.3, 0.4) is 0 Å². The molecular formula is C27H22BrN3O4. The third kappa shape index (κ3) is 4.57. The Balaban J connectivity index is 1.64. The number of methoxy groups -OCH3 is 1. The number of ether oxygens (including phenoxy) is 2. The highest BCUT2D eigenvalue weighted by atomic mass is 79.9. The van der Waals surface area contributed by atoms with Crippen LogP contribution in [0.1, 0.15) is 19.4 Å². The highest BCUT2D eigenvalue weighted by Crippen LogP contribution is 2.30. The minimum atomic E-state index is -0.296. The van der Waals surface area contributed by atoms with Gasteiger partial charge < -0.3 is 13.9 Å². The van der Waals surface area contributed by atoms with Gasteiger partial charge in [-0.05, 0) is 74.0 Å². The van der Waals surface area contributed by atoms with Crippen molar-refractivity contribution in [3.63, 3.8) is 0 Å². The molecule has 2 heterocycles. The van der Waals surface area contributed by atoms with Gasteiger partial charge in [0.1, 0.15) is 5.58 Å². The summed E-state index contributed by atoms with van der Waals surface area (Å²) >= 11 is 3.48. The average molecular weight is 532 g/mol. The van der Waals surface area contributed by atoms with Gasteiger partial charge in [0.15, 0.2) is 17.3 Å². The Hall–Kier alpha value is -3.91. The van der Waals surface area contributed by atoms with Gasteiger partial charge >= 0.3 is 0 Å². The Morgan fingerprint density at radius 1 is 1.06 bits per heavy atom. The van der Waals surface area contributed by atoms with E-state index in [4.69, 9.17) is 18.9 Å². The first kappa shape index (κ1) is 22.9. The van der Waals surface area contributed by atoms with Crippen molar-refractivity contribution in [1.82, 2.24) is 9.66 Å². The van der Waals surface area contributed by atoms with Crippen LogP contribution in [0.5, 0.6) is 11.5 Å². The number of halogens is 1. The lowest BCUT2D eigenvalue weighted by Gasteiger charge is -2.13. The van der Waals surface area contributed by atoms with Crippen molar-refractivity contribution in [1.29, 1.82) is 0 Å². The molecule has 7 nitrogen and oxygen atoms in total. The second kappa shape index (κ2) is 9.38. The highest BCUT2D eigenvalue weighted by Gasteiger charge is 2.17. The Bertz CT molecular complexity index is 1640. The summed E-state index contributed by atoms with van der Waals surface area (Å²) in [7, 11) is 1.58. The van der Waals surface area contributed by atoms with E-state index in [1.807, 2.05) is 56.3 Å². The van der Waals surface area contributed by atoms with Crippen molar-refractivity contribution < 1.29 is 13.9 Å². The summed E-state index contributed by atoms with van der Waals surface area (Å²) in [6, 6.07) is 20.2. The molecule has 0 aliphatic carbocycles. The van der Waals surface area contributed by atoms with Crippen molar-refractivity contribution in [2.24, 2.45) is 5.10 Å². The summed E-state index contributed by atoms with van der Waals surface area (Å²) in [5.74, 6) is 1.97. The zero-order valence-corrected chi connectivity index (χ0v) is 20.9. The maximum Gasteiger partial charge on any atom is 0.282 e. The molecule has 0 saturated carbocycles. The Morgan fingerprint density at radius 2 is 1.89 bits per heavy atom. The lowest BCUT2D eigenvalue weighted by atomic mass is 10.2. The first-order valence-electron chi connectivity index (χ1n) is 11.0. The monoisotopic (exact) mass is 531 g/mol. The zero-order chi connectivity index (χ0) is 24.5. The van der Waals surface area contributed by atoms with E-state index in [1.165, 1.54) is 4.68 Å². The van der Waals surface area contributed by atoms with E-state index < -0.39 is 0 Å². The third-order valence-corrected chi connectivity index (χ3v) is 5.82. The molecule has 3 aromatic carbocycles. The molecule has 0 radical (unpaired) electrons. The molecule has 0 atom stereocenters. The van der Waals surface area contributed by atoms with Gasteiger partial charge in [-0.2, -0.15) is 9.78 Å². The largest absolute Gasteiger partial charge is 0.493 e. The minimum Gasteiger partial charge on any atom is -0.493 e. The second-order valence-corrected chi connectivity index (χ2v) is 9.10. The van der Waals surface area contributed by atoms with Crippen LogP contribution in [0.15, 0.2) is 85.5 Å². The van der Waals surface area contributed by atoms with E-state index in [1.54, 1.807) is 37.6 Å². The number of rotatable bonds is 6. The number of benzene rings is 3. The predicted octanol–water partition coefficient (Wildman–Crippen LogP) is 6.25. The van der Waals surface area contributed by atoms with Crippen LogP contribution >= 0.6 is 15.9 Å². The first-order chi connectivity index (χ1) is 16.9. The number of aromatic nitrogens is 2. The SMILES string of the molecule is COc1cc(C=Nn2c(-c3cc4cc(Br)ccc4o3)nc3ccccc3c2=O)ccc1OC(C)C. The molecule has 0 N–H and O–H groups in total. The van der Waals surface area contributed by atoms with Crippen LogP contribution in [0, 0.1) is 0 Å². The van der Waals surface area contributed by atoms with Crippen LogP contribution in [-0.4, -0.2) is 29.1 Å². The molecule has 8 heteroatoms. The molecule has 5 aromatic rings. The average Bonchev–Trinajstić information content (AvgIpc) is 3.27. The molecule has 0 spiro atoms. The summed E-state index contributed by atoms with van der Waals surface area (Å²) < 4.78 is 19.5. The van der Waals surface area contributed by atoms with Crippen molar-refractivity contribution in [3.8, 4) is 23.1 Å². The van der Waals surface area contributed by atoms with Crippen LogP contribution in [0.25, 0.3) is 33.5 Å². The number of furan rings is 1. The molecule has 0 bridgehead atoms. The number of hydrogen-bond acceptors (Lipinski definition) is 6. The molecule has 0 aliphatic rings. The summed E-state index contributed by atoms with van der Waals surface area (Å²) in [4.78, 5) is 18.1. The topological polar surface area (TPSA) is 78.9 Å². The smallest absolute Gasteiger partial charge is 0.282 e. The summed E-state index contributed by atoms with van der Waals surface area (Å²) in [6.45, 7) is 3.90. The van der Waals surface area contributed by atoms with E-state index in [2.05, 4.69) is 21.0 Å². The van der Waals surface area contributed by atoms with E-state index in [-0.39, 0.29) is 11.7 Å². The van der Waals surface area contributed by atoms with Gasteiger partial charge in [0.05, 0.1) is 30.3 Å². The molecular weight excluding hydrogens is 510 g/mol. The van der Waals surface area contributed by atoms with Crippen molar-refractivity contribution >= 4 is 44.0 Å². The van der Waals surface area contributed by atoms with Gasteiger partial charge in [-0.3, -0.25) is 4.79 Å². The molecule has 35 heavy (non-hydrogen) atoms. The summed E-state index contributed by atoms with van der Waals surface area (Å²) in [5.41, 5.74) is 1.69. The fraction of sp³-hybridized carbons (Fsp3) is 0.148. The lowest BCUT2D eigenvalue weighted by molar-refractivity contribution is 0.230. The second-order valence-electron chi connectivity index (χ2n) is 8.18. The van der Waals surface area contributed by atoms with Gasteiger partial charge in [-0.25, -0.2) is 4.98 Å². The lowest BCUT2D eigenvalue weighted by Crippen LogP contribution is -2.20. The van der Waals surface area contributed by atoms with Crippen molar-refractivity contribution in [2.75, 3.05) is 7.11 Å². The molecule has 2 aromatic heterocycles. The predicted molar refractivity (Wildman–Crippen MR) is 141 cm³/mol. The number of para-hydroxylation sites is 1. The molecule has 5 rings (SSSR count). The Kier molecular flexibility index (Phi) is 6.13. The number of nitrogens with zero attached hydrogens (tertiary/aromatic N) is 3. The van der Waals surface area contributed by atoms with Gasteiger partial charge in [-0.1, -0.05) is 28.1 Å². The van der Waals surface area contributed by atoms with Crippen molar-refractivity contribution in [2.45, 2.75) is 20.0 Å². The molecule has 0 fully saturated rings. The normalized spacial score (nSPS) is 11.7. The van der Waals surface area contributed by atoms with E-state index in [0.29, 0.717) is 39.6 Å². The van der Waals surface area contributed by atoms with E-state index >= 15 is 0 Å².